The molecule has 0 unspecified atom stereocenters. The number of alkyl halides is 4. The zero-order valence-corrected chi connectivity index (χ0v) is 22.6. The zero-order valence-electron chi connectivity index (χ0n) is 21.9. The highest BCUT2D eigenvalue weighted by molar-refractivity contribution is 6.35. The Hall–Kier alpha value is -4.30. The van der Waals surface area contributed by atoms with Crippen LogP contribution in [-0.2, 0) is 16.1 Å². The van der Waals surface area contributed by atoms with Crippen molar-refractivity contribution in [2.75, 3.05) is 13.2 Å². The van der Waals surface area contributed by atoms with E-state index in [-0.39, 0.29) is 22.2 Å². The van der Waals surface area contributed by atoms with E-state index in [1.807, 2.05) is 0 Å². The first-order valence-electron chi connectivity index (χ1n) is 12.9. The molecule has 1 saturated carbocycles. The summed E-state index contributed by atoms with van der Waals surface area (Å²) in [6.45, 7) is -2.42. The van der Waals surface area contributed by atoms with Crippen LogP contribution in [-0.4, -0.2) is 51.0 Å². The van der Waals surface area contributed by atoms with Crippen LogP contribution < -0.4 is 15.8 Å². The number of benzene rings is 2. The first-order chi connectivity index (χ1) is 20.2. The van der Waals surface area contributed by atoms with Gasteiger partial charge in [-0.2, -0.15) is 18.3 Å². The van der Waals surface area contributed by atoms with Gasteiger partial charge >= 0.3 is 6.18 Å². The molecule has 0 spiro atoms. The van der Waals surface area contributed by atoms with Crippen molar-refractivity contribution in [3.63, 3.8) is 0 Å². The van der Waals surface area contributed by atoms with Gasteiger partial charge in [0, 0.05) is 28.3 Å². The zero-order chi connectivity index (χ0) is 30.9. The smallest absolute Gasteiger partial charge is 0.424 e. The van der Waals surface area contributed by atoms with Crippen LogP contribution >= 0.6 is 11.6 Å². The number of nitrogens with zero attached hydrogens (tertiary/aromatic N) is 3. The van der Waals surface area contributed by atoms with Gasteiger partial charge in [-0.3, -0.25) is 14.3 Å². The summed E-state index contributed by atoms with van der Waals surface area (Å²) in [5.41, 5.74) is -3.70. The molecule has 0 radical (unpaired) electrons. The van der Waals surface area contributed by atoms with E-state index in [1.54, 1.807) is 10.9 Å². The van der Waals surface area contributed by atoms with Crippen molar-refractivity contribution in [1.82, 2.24) is 20.1 Å². The van der Waals surface area contributed by atoms with Gasteiger partial charge in [0.1, 0.15) is 23.6 Å². The van der Waals surface area contributed by atoms with Gasteiger partial charge in [0.15, 0.2) is 5.75 Å². The van der Waals surface area contributed by atoms with Gasteiger partial charge in [-0.25, -0.2) is 13.8 Å². The van der Waals surface area contributed by atoms with Crippen LogP contribution in [0.4, 0.5) is 22.0 Å². The number of fused-ring (bicyclic) bond motifs is 2. The van der Waals surface area contributed by atoms with E-state index in [4.69, 9.17) is 22.1 Å². The Morgan fingerprint density at radius 2 is 1.88 bits per heavy atom. The van der Waals surface area contributed by atoms with Crippen LogP contribution in [0, 0.1) is 5.82 Å². The minimum atomic E-state index is -5.47. The van der Waals surface area contributed by atoms with E-state index in [0.717, 1.165) is 37.1 Å². The number of nitrogens with one attached hydrogen (secondary N) is 1. The summed E-state index contributed by atoms with van der Waals surface area (Å²) < 4.78 is 79.9. The molecule has 1 aliphatic carbocycles. The Morgan fingerprint density at radius 3 is 2.51 bits per heavy atom. The molecule has 1 fully saturated rings. The minimum absolute atomic E-state index is 0.00327. The second-order valence-corrected chi connectivity index (χ2v) is 10.9. The average molecular weight is 622 g/mol. The fourth-order valence-corrected chi connectivity index (χ4v) is 5.12. The molecule has 0 saturated heterocycles. The number of hydrogen-bond donors (Lipinski definition) is 3. The standard InChI is InChI=1S/C28H21ClF5N5O4/c29-19-8-14(7-15-10-39(17-5-6-17)38-21(15)19)24(40)36-11-27(42,28(32,33)34)20-9-18-23(43-12-26(18,31)25(35)41)22(37-20)13-1-3-16(30)4-2-13/h1-4,7-10,17,42H,5-6,11-12H2,(H2,35,41)(H,36,40)/t26-,27+/m1/s1. The lowest BCUT2D eigenvalue weighted by Crippen LogP contribution is -2.51. The third-order valence-electron chi connectivity index (χ3n) is 7.48. The number of carbonyl (C=O) groups is 2. The molecule has 2 aliphatic rings. The van der Waals surface area contributed by atoms with Crippen LogP contribution in [0.3, 0.4) is 0 Å². The molecule has 4 aromatic rings. The third-order valence-corrected chi connectivity index (χ3v) is 7.77. The summed E-state index contributed by atoms with van der Waals surface area (Å²) in [6, 6.07) is 7.62. The monoisotopic (exact) mass is 621 g/mol. The Kier molecular flexibility index (Phi) is 6.62. The first kappa shape index (κ1) is 28.8. The molecule has 2 aromatic carbocycles. The molecule has 2 atom stereocenters. The molecule has 2 aromatic heterocycles. The highest BCUT2D eigenvalue weighted by atomic mass is 35.5. The predicted octanol–water partition coefficient (Wildman–Crippen LogP) is 4.45. The van der Waals surface area contributed by atoms with Gasteiger partial charge in [0.2, 0.25) is 5.60 Å². The molecule has 224 valence electrons. The van der Waals surface area contributed by atoms with Gasteiger partial charge in [0.25, 0.3) is 17.5 Å². The molecule has 4 N–H and O–H groups in total. The Morgan fingerprint density at radius 1 is 1.19 bits per heavy atom. The quantitative estimate of drug-likeness (QED) is 0.261. The van der Waals surface area contributed by atoms with Gasteiger partial charge in [-0.1, -0.05) is 11.6 Å². The number of ether oxygens (including phenoxy) is 1. The van der Waals surface area contributed by atoms with Crippen molar-refractivity contribution >= 4 is 34.3 Å². The summed E-state index contributed by atoms with van der Waals surface area (Å²) in [5, 5.41) is 18.1. The number of rotatable bonds is 7. The summed E-state index contributed by atoms with van der Waals surface area (Å²) in [5.74, 6) is -3.64. The van der Waals surface area contributed by atoms with Crippen molar-refractivity contribution in [2.24, 2.45) is 5.73 Å². The van der Waals surface area contributed by atoms with E-state index < -0.39 is 70.9 Å². The molecule has 43 heavy (non-hydrogen) atoms. The van der Waals surface area contributed by atoms with Crippen molar-refractivity contribution < 1.29 is 41.4 Å². The number of amides is 2. The van der Waals surface area contributed by atoms with Crippen molar-refractivity contribution in [1.29, 1.82) is 0 Å². The molecule has 0 bridgehead atoms. The van der Waals surface area contributed by atoms with Crippen molar-refractivity contribution in [2.45, 2.75) is 36.3 Å². The second kappa shape index (κ2) is 9.88. The molecule has 9 nitrogen and oxygen atoms in total. The van der Waals surface area contributed by atoms with Gasteiger partial charge in [0.05, 0.1) is 23.3 Å². The lowest BCUT2D eigenvalue weighted by atomic mass is 9.90. The Bertz CT molecular complexity index is 1790. The average Bonchev–Trinajstić information content (AvgIpc) is 3.62. The molecule has 6 rings (SSSR count). The van der Waals surface area contributed by atoms with Crippen LogP contribution in [0.2, 0.25) is 5.02 Å². The predicted molar refractivity (Wildman–Crippen MR) is 142 cm³/mol. The van der Waals surface area contributed by atoms with Gasteiger partial charge in [-0.15, -0.1) is 0 Å². The Labute approximate surface area is 244 Å². The summed E-state index contributed by atoms with van der Waals surface area (Å²) >= 11 is 6.29. The Balaban J connectivity index is 1.39. The summed E-state index contributed by atoms with van der Waals surface area (Å²) in [7, 11) is 0. The molecule has 2 amide bonds. The normalized spacial score (nSPS) is 19.5. The van der Waals surface area contributed by atoms with Gasteiger partial charge < -0.3 is 20.9 Å². The number of aliphatic hydroxyl groups is 1. The van der Waals surface area contributed by atoms with E-state index >= 15 is 4.39 Å². The SMILES string of the molecule is NC(=O)[C@@]1(F)COc2c1cc([C@@](O)(CNC(=O)c1cc(Cl)c3nn(C4CC4)cc3c1)C(F)(F)F)nc2-c1ccc(F)cc1. The number of aromatic nitrogens is 3. The number of hydrogen-bond acceptors (Lipinski definition) is 6. The fourth-order valence-electron chi connectivity index (χ4n) is 4.86. The fraction of sp³-hybridized carbons (Fsp3) is 0.286. The van der Waals surface area contributed by atoms with E-state index in [0.29, 0.717) is 17.0 Å². The number of primary amides is 1. The molecule has 3 heterocycles. The maximum absolute atomic E-state index is 15.7. The highest BCUT2D eigenvalue weighted by Crippen LogP contribution is 2.48. The van der Waals surface area contributed by atoms with Crippen molar-refractivity contribution in [3.05, 3.63) is 76.3 Å². The van der Waals surface area contributed by atoms with Crippen LogP contribution in [0.25, 0.3) is 22.2 Å². The van der Waals surface area contributed by atoms with Crippen LogP contribution in [0.1, 0.15) is 40.5 Å². The highest BCUT2D eigenvalue weighted by Gasteiger charge is 2.58. The summed E-state index contributed by atoms with van der Waals surface area (Å²) in [4.78, 5) is 29.0. The van der Waals surface area contributed by atoms with Gasteiger partial charge in [-0.05, 0) is 55.3 Å². The van der Waals surface area contributed by atoms with E-state index in [2.05, 4.69) is 15.4 Å². The maximum atomic E-state index is 15.7. The topological polar surface area (TPSA) is 132 Å². The molecular weight excluding hydrogens is 601 g/mol. The number of carbonyl (C=O) groups excluding carboxylic acids is 2. The van der Waals surface area contributed by atoms with Crippen molar-refractivity contribution in [3.8, 4) is 17.0 Å². The van der Waals surface area contributed by atoms with E-state index in [9.17, 15) is 32.3 Å². The summed E-state index contributed by atoms with van der Waals surface area (Å²) in [6.07, 6.45) is -1.93. The maximum Gasteiger partial charge on any atom is 0.424 e. The molecule has 15 heteroatoms. The first-order valence-corrected chi connectivity index (χ1v) is 13.3. The second-order valence-electron chi connectivity index (χ2n) is 10.5. The lowest BCUT2D eigenvalue weighted by Gasteiger charge is -2.31. The lowest BCUT2D eigenvalue weighted by molar-refractivity contribution is -0.265. The van der Waals surface area contributed by atoms with E-state index in [1.165, 1.54) is 12.1 Å². The van der Waals surface area contributed by atoms with Crippen LogP contribution in [0.5, 0.6) is 5.75 Å². The number of nitrogens with two attached hydrogens (primary N) is 1. The van der Waals surface area contributed by atoms with Crippen LogP contribution in [0.15, 0.2) is 48.7 Å². The largest absolute Gasteiger partial charge is 0.487 e. The number of pyridine rings is 1. The molecule has 1 aliphatic heterocycles. The minimum Gasteiger partial charge on any atom is -0.487 e. The third kappa shape index (κ3) is 4.83. The molecular formula is C28H21ClF5N5O4. The number of halogens is 6.